The number of ether oxygens (including phenoxy) is 1. The average molecular weight is 401 g/mol. The predicted octanol–water partition coefficient (Wildman–Crippen LogP) is 1.09. The zero-order chi connectivity index (χ0) is 19.9. The van der Waals surface area contributed by atoms with Gasteiger partial charge >= 0.3 is 6.09 Å². The van der Waals surface area contributed by atoms with Gasteiger partial charge in [0, 0.05) is 32.1 Å². The van der Waals surface area contributed by atoms with Crippen LogP contribution in [0.5, 0.6) is 0 Å². The van der Waals surface area contributed by atoms with Crippen molar-refractivity contribution in [3.05, 3.63) is 30.1 Å². The third-order valence-electron chi connectivity index (χ3n) is 4.25. The Kier molecular flexibility index (Phi) is 7.55. The summed E-state index contributed by atoms with van der Waals surface area (Å²) in [5.41, 5.74) is 0. The molecule has 0 spiro atoms. The van der Waals surface area contributed by atoms with E-state index >= 15 is 0 Å². The van der Waals surface area contributed by atoms with E-state index in [4.69, 9.17) is 4.74 Å². The number of sulfonamides is 1. The van der Waals surface area contributed by atoms with Crippen LogP contribution in [-0.4, -0.2) is 57.5 Å². The minimum Gasteiger partial charge on any atom is -0.450 e. The van der Waals surface area contributed by atoms with Crippen LogP contribution in [0.1, 0.15) is 19.8 Å². The lowest BCUT2D eigenvalue weighted by Crippen LogP contribution is -2.44. The number of carbonyl (C=O) groups excluding carboxylic acids is 2. The predicted molar refractivity (Wildman–Crippen MR) is 95.9 cm³/mol. The summed E-state index contributed by atoms with van der Waals surface area (Å²) in [4.78, 5) is 22.9. The molecule has 1 fully saturated rings. The summed E-state index contributed by atoms with van der Waals surface area (Å²) in [7, 11) is -3.91. The second-order valence-electron chi connectivity index (χ2n) is 6.05. The monoisotopic (exact) mass is 401 g/mol. The zero-order valence-electron chi connectivity index (χ0n) is 15.1. The van der Waals surface area contributed by atoms with Crippen LogP contribution in [0, 0.1) is 11.7 Å². The smallest absolute Gasteiger partial charge is 0.407 e. The van der Waals surface area contributed by atoms with Gasteiger partial charge < -0.3 is 15.4 Å². The highest BCUT2D eigenvalue weighted by Crippen LogP contribution is 2.25. The standard InChI is InChI=1S/C17H24FN3O5S/c1-2-26-17(23)20-10-9-19-16(22)13-7-11-21(12-8-13)27(24,25)15-6-4-3-5-14(15)18/h3-6,13H,2,7-12H2,1H3,(H,19,22)(H,20,23). The number of hydrogen-bond donors (Lipinski definition) is 2. The lowest BCUT2D eigenvalue weighted by molar-refractivity contribution is -0.126. The van der Waals surface area contributed by atoms with Crippen molar-refractivity contribution in [1.29, 1.82) is 0 Å². The van der Waals surface area contributed by atoms with Gasteiger partial charge in [-0.05, 0) is 31.9 Å². The fourth-order valence-corrected chi connectivity index (χ4v) is 4.36. The first kappa shape index (κ1) is 21.1. The summed E-state index contributed by atoms with van der Waals surface area (Å²) in [5.74, 6) is -1.30. The molecule has 150 valence electrons. The summed E-state index contributed by atoms with van der Waals surface area (Å²) in [6, 6.07) is 5.25. The highest BCUT2D eigenvalue weighted by molar-refractivity contribution is 7.89. The number of halogens is 1. The van der Waals surface area contributed by atoms with Crippen LogP contribution in [0.15, 0.2) is 29.2 Å². The Balaban J connectivity index is 1.80. The molecule has 1 aliphatic heterocycles. The maximum atomic E-state index is 13.8. The van der Waals surface area contributed by atoms with E-state index in [1.54, 1.807) is 6.92 Å². The minimum absolute atomic E-state index is 0.149. The molecule has 0 aliphatic carbocycles. The fourth-order valence-electron chi connectivity index (χ4n) is 2.83. The third-order valence-corrected chi connectivity index (χ3v) is 6.18. The van der Waals surface area contributed by atoms with Crippen LogP contribution >= 0.6 is 0 Å². The molecule has 10 heteroatoms. The highest BCUT2D eigenvalue weighted by atomic mass is 32.2. The summed E-state index contributed by atoms with van der Waals surface area (Å²) < 4.78 is 44.8. The van der Waals surface area contributed by atoms with Gasteiger partial charge in [0.05, 0.1) is 6.61 Å². The maximum Gasteiger partial charge on any atom is 0.407 e. The number of alkyl carbamates (subject to hydrolysis) is 1. The van der Waals surface area contributed by atoms with Gasteiger partial charge in [-0.25, -0.2) is 17.6 Å². The number of hydrogen-bond acceptors (Lipinski definition) is 5. The maximum absolute atomic E-state index is 13.8. The molecule has 0 atom stereocenters. The topological polar surface area (TPSA) is 105 Å². The molecule has 1 heterocycles. The number of amides is 2. The molecule has 0 radical (unpaired) electrons. The number of piperidine rings is 1. The van der Waals surface area contributed by atoms with Gasteiger partial charge in [0.15, 0.2) is 0 Å². The van der Waals surface area contributed by atoms with E-state index < -0.39 is 21.9 Å². The van der Waals surface area contributed by atoms with Gasteiger partial charge in [-0.2, -0.15) is 4.31 Å². The number of nitrogens with zero attached hydrogens (tertiary/aromatic N) is 1. The van der Waals surface area contributed by atoms with Crippen LogP contribution in [0.25, 0.3) is 0 Å². The van der Waals surface area contributed by atoms with E-state index in [1.807, 2.05) is 0 Å². The molecule has 0 aromatic heterocycles. The number of rotatable bonds is 7. The van der Waals surface area contributed by atoms with Crippen molar-refractivity contribution < 1.29 is 27.1 Å². The summed E-state index contributed by atoms with van der Waals surface area (Å²) in [6.45, 7) is 2.76. The van der Waals surface area contributed by atoms with Crippen LogP contribution < -0.4 is 10.6 Å². The fraction of sp³-hybridized carbons (Fsp3) is 0.529. The number of benzene rings is 1. The molecule has 1 saturated heterocycles. The number of carbonyl (C=O) groups is 2. The van der Waals surface area contributed by atoms with Gasteiger partial charge in [-0.1, -0.05) is 12.1 Å². The first-order valence-electron chi connectivity index (χ1n) is 8.79. The lowest BCUT2D eigenvalue weighted by Gasteiger charge is -2.30. The summed E-state index contributed by atoms with van der Waals surface area (Å²) >= 11 is 0. The molecular formula is C17H24FN3O5S. The highest BCUT2D eigenvalue weighted by Gasteiger charge is 2.33. The van der Waals surface area contributed by atoms with Gasteiger partial charge in [0.1, 0.15) is 10.7 Å². The van der Waals surface area contributed by atoms with Gasteiger partial charge in [-0.3, -0.25) is 4.79 Å². The second-order valence-corrected chi connectivity index (χ2v) is 7.95. The number of nitrogens with one attached hydrogen (secondary N) is 2. The van der Waals surface area contributed by atoms with Gasteiger partial charge in [0.2, 0.25) is 15.9 Å². The molecule has 0 unspecified atom stereocenters. The molecular weight excluding hydrogens is 377 g/mol. The molecule has 1 aromatic rings. The van der Waals surface area contributed by atoms with Crippen LogP contribution in [0.4, 0.5) is 9.18 Å². The molecule has 0 bridgehead atoms. The lowest BCUT2D eigenvalue weighted by atomic mass is 9.97. The van der Waals surface area contributed by atoms with Crippen molar-refractivity contribution in [2.24, 2.45) is 5.92 Å². The summed E-state index contributed by atoms with van der Waals surface area (Å²) in [6.07, 6.45) is 0.161. The molecule has 2 amide bonds. The minimum atomic E-state index is -3.91. The Morgan fingerprint density at radius 3 is 2.44 bits per heavy atom. The van der Waals surface area contributed by atoms with Crippen molar-refractivity contribution in [2.45, 2.75) is 24.7 Å². The quantitative estimate of drug-likeness (QED) is 0.666. The van der Waals surface area contributed by atoms with E-state index in [9.17, 15) is 22.4 Å². The first-order chi connectivity index (χ1) is 12.9. The zero-order valence-corrected chi connectivity index (χ0v) is 15.9. The van der Waals surface area contributed by atoms with Crippen LogP contribution in [-0.2, 0) is 19.6 Å². The molecule has 0 saturated carbocycles. The Morgan fingerprint density at radius 2 is 1.81 bits per heavy atom. The van der Waals surface area contributed by atoms with Crippen LogP contribution in [0.2, 0.25) is 0 Å². The van der Waals surface area contributed by atoms with Crippen molar-refractivity contribution >= 4 is 22.0 Å². The third kappa shape index (κ3) is 5.64. The first-order valence-corrected chi connectivity index (χ1v) is 10.2. The normalized spacial score (nSPS) is 15.9. The second kappa shape index (κ2) is 9.65. The molecule has 27 heavy (non-hydrogen) atoms. The molecule has 2 rings (SSSR count). The van der Waals surface area contributed by atoms with E-state index in [0.717, 1.165) is 6.07 Å². The van der Waals surface area contributed by atoms with Gasteiger partial charge in [0.25, 0.3) is 0 Å². The van der Waals surface area contributed by atoms with E-state index in [1.165, 1.54) is 22.5 Å². The van der Waals surface area contributed by atoms with Crippen molar-refractivity contribution in [2.75, 3.05) is 32.8 Å². The van der Waals surface area contributed by atoms with E-state index in [0.29, 0.717) is 12.8 Å². The van der Waals surface area contributed by atoms with Crippen molar-refractivity contribution in [3.63, 3.8) is 0 Å². The van der Waals surface area contributed by atoms with E-state index in [2.05, 4.69) is 10.6 Å². The largest absolute Gasteiger partial charge is 0.450 e. The molecule has 1 aliphatic rings. The van der Waals surface area contributed by atoms with Crippen molar-refractivity contribution in [1.82, 2.24) is 14.9 Å². The molecule has 8 nitrogen and oxygen atoms in total. The Bertz CT molecular complexity index is 764. The van der Waals surface area contributed by atoms with Gasteiger partial charge in [-0.15, -0.1) is 0 Å². The Hall–Kier alpha value is -2.20. The summed E-state index contributed by atoms with van der Waals surface area (Å²) in [5, 5.41) is 5.20. The van der Waals surface area contributed by atoms with Crippen LogP contribution in [0.3, 0.4) is 0 Å². The average Bonchev–Trinajstić information content (AvgIpc) is 2.65. The molecule has 1 aromatic carbocycles. The van der Waals surface area contributed by atoms with Crippen molar-refractivity contribution in [3.8, 4) is 0 Å². The SMILES string of the molecule is CCOC(=O)NCCNC(=O)C1CCN(S(=O)(=O)c2ccccc2F)CC1. The molecule has 2 N–H and O–H groups in total. The Morgan fingerprint density at radius 1 is 1.19 bits per heavy atom. The Labute approximate surface area is 158 Å². The van der Waals surface area contributed by atoms with E-state index in [-0.39, 0.29) is 49.5 Å².